The first-order chi connectivity index (χ1) is 15.7. The maximum Gasteiger partial charge on any atom is 0.269 e. The van der Waals surface area contributed by atoms with Crippen molar-refractivity contribution in [2.45, 2.75) is 23.9 Å². The third-order valence-electron chi connectivity index (χ3n) is 5.05. The Balaban J connectivity index is 1.60. The van der Waals surface area contributed by atoms with Crippen LogP contribution in [0.1, 0.15) is 11.1 Å². The summed E-state index contributed by atoms with van der Waals surface area (Å²) in [5, 5.41) is 20.6. The topological polar surface area (TPSA) is 83.1 Å². The maximum absolute atomic E-state index is 10.9. The first-order valence-corrected chi connectivity index (χ1v) is 11.1. The molecule has 0 saturated carbocycles. The molecule has 162 valence electrons. The quantitative estimate of drug-likeness (QED) is 0.195. The van der Waals surface area contributed by atoms with Gasteiger partial charge in [0.25, 0.3) is 5.69 Å². The van der Waals surface area contributed by atoms with E-state index in [1.807, 2.05) is 42.5 Å². The maximum atomic E-state index is 10.9. The Bertz CT molecular complexity index is 1190. The second-order valence-corrected chi connectivity index (χ2v) is 8.05. The van der Waals surface area contributed by atoms with E-state index in [-0.39, 0.29) is 5.69 Å². The third kappa shape index (κ3) is 4.97. The van der Waals surface area contributed by atoms with E-state index in [1.54, 1.807) is 31.0 Å². The van der Waals surface area contributed by atoms with Gasteiger partial charge in [0.15, 0.2) is 11.0 Å². The van der Waals surface area contributed by atoms with Crippen molar-refractivity contribution < 1.29 is 9.66 Å². The molecule has 0 bridgehead atoms. The zero-order chi connectivity index (χ0) is 22.3. The summed E-state index contributed by atoms with van der Waals surface area (Å²) in [4.78, 5) is 10.5. The molecule has 0 N–H and O–H groups in total. The van der Waals surface area contributed by atoms with Crippen molar-refractivity contribution in [2.24, 2.45) is 0 Å². The minimum atomic E-state index is -0.392. The predicted molar refractivity (Wildman–Crippen MR) is 125 cm³/mol. The van der Waals surface area contributed by atoms with Gasteiger partial charge in [-0.05, 0) is 29.7 Å². The van der Waals surface area contributed by atoms with Gasteiger partial charge in [0.05, 0.1) is 17.6 Å². The summed E-state index contributed by atoms with van der Waals surface area (Å²) >= 11 is 1.56. The van der Waals surface area contributed by atoms with Gasteiger partial charge in [-0.3, -0.25) is 10.1 Å². The number of non-ortho nitro benzene ring substituents is 1. The molecular formula is C24H22N4O3S. The molecule has 1 heterocycles. The first kappa shape index (κ1) is 21.6. The molecule has 0 saturated heterocycles. The number of benzene rings is 3. The fourth-order valence-corrected chi connectivity index (χ4v) is 4.29. The second kappa shape index (κ2) is 10.1. The molecule has 0 aliphatic rings. The Morgan fingerprint density at radius 1 is 0.938 bits per heavy atom. The number of aryl methyl sites for hydroxylation is 1. The molecule has 32 heavy (non-hydrogen) atoms. The van der Waals surface area contributed by atoms with Crippen LogP contribution in [0.5, 0.6) is 5.75 Å². The molecule has 1 aromatic heterocycles. The van der Waals surface area contributed by atoms with Crippen LogP contribution in [-0.4, -0.2) is 26.8 Å². The van der Waals surface area contributed by atoms with Crippen LogP contribution in [0.3, 0.4) is 0 Å². The van der Waals surface area contributed by atoms with Gasteiger partial charge in [-0.15, -0.1) is 10.2 Å². The number of aromatic nitrogens is 3. The average Bonchev–Trinajstić information content (AvgIpc) is 3.24. The lowest BCUT2D eigenvalue weighted by molar-refractivity contribution is -0.384. The Labute approximate surface area is 190 Å². The van der Waals surface area contributed by atoms with Crippen molar-refractivity contribution in [3.63, 3.8) is 0 Å². The van der Waals surface area contributed by atoms with E-state index in [4.69, 9.17) is 4.74 Å². The zero-order valence-electron chi connectivity index (χ0n) is 17.5. The fraction of sp³-hybridized carbons (Fsp3) is 0.167. The largest absolute Gasteiger partial charge is 0.496 e. The molecule has 0 unspecified atom stereocenters. The number of hydrogen-bond acceptors (Lipinski definition) is 6. The second-order valence-electron chi connectivity index (χ2n) is 7.11. The van der Waals surface area contributed by atoms with Crippen LogP contribution in [0.15, 0.2) is 84.0 Å². The van der Waals surface area contributed by atoms with E-state index >= 15 is 0 Å². The number of thioether (sulfide) groups is 1. The Hall–Kier alpha value is -3.65. The molecule has 0 aliphatic carbocycles. The molecule has 0 aliphatic heterocycles. The van der Waals surface area contributed by atoms with E-state index < -0.39 is 4.92 Å². The number of para-hydroxylation sites is 1. The molecule has 8 heteroatoms. The van der Waals surface area contributed by atoms with Crippen LogP contribution < -0.4 is 4.74 Å². The third-order valence-corrected chi connectivity index (χ3v) is 6.08. The van der Waals surface area contributed by atoms with Crippen molar-refractivity contribution in [1.82, 2.24) is 14.8 Å². The van der Waals surface area contributed by atoms with Gasteiger partial charge < -0.3 is 9.30 Å². The Morgan fingerprint density at radius 2 is 1.66 bits per heavy atom. The van der Waals surface area contributed by atoms with E-state index in [2.05, 4.69) is 26.9 Å². The molecule has 0 amide bonds. The Morgan fingerprint density at radius 3 is 2.38 bits per heavy atom. The average molecular weight is 447 g/mol. The minimum Gasteiger partial charge on any atom is -0.496 e. The molecule has 3 aromatic carbocycles. The number of methoxy groups -OCH3 is 1. The summed E-state index contributed by atoms with van der Waals surface area (Å²) < 4.78 is 7.66. The lowest BCUT2D eigenvalue weighted by Crippen LogP contribution is -2.06. The summed E-state index contributed by atoms with van der Waals surface area (Å²) in [7, 11) is 1.65. The monoisotopic (exact) mass is 446 g/mol. The van der Waals surface area contributed by atoms with Gasteiger partial charge in [0.1, 0.15) is 5.75 Å². The first-order valence-electron chi connectivity index (χ1n) is 10.1. The summed E-state index contributed by atoms with van der Waals surface area (Å²) in [6.45, 7) is 0.715. The number of nitro benzene ring substituents is 1. The van der Waals surface area contributed by atoms with Crippen LogP contribution in [-0.2, 0) is 18.7 Å². The predicted octanol–water partition coefficient (Wildman–Crippen LogP) is 5.40. The highest BCUT2D eigenvalue weighted by molar-refractivity contribution is 7.98. The molecule has 4 rings (SSSR count). The van der Waals surface area contributed by atoms with Gasteiger partial charge in [0.2, 0.25) is 0 Å². The standard InChI is InChI=1S/C24H22N4O3S/c1-31-22-10-6-5-9-21(22)23-25-26-24(27(23)16-15-18-7-3-2-4-8-18)32-17-19-11-13-20(14-12-19)28(29)30/h2-14H,15-17H2,1H3. The van der Waals surface area contributed by atoms with Gasteiger partial charge >= 0.3 is 0 Å². The van der Waals surface area contributed by atoms with Gasteiger partial charge in [-0.25, -0.2) is 0 Å². The smallest absolute Gasteiger partial charge is 0.269 e. The molecule has 0 fully saturated rings. The summed E-state index contributed by atoms with van der Waals surface area (Å²) in [5.41, 5.74) is 3.19. The molecule has 4 aromatic rings. The van der Waals surface area contributed by atoms with Crippen LogP contribution in [0, 0.1) is 10.1 Å². The molecule has 0 atom stereocenters. The lowest BCUT2D eigenvalue weighted by Gasteiger charge is -2.12. The minimum absolute atomic E-state index is 0.0863. The molecule has 0 spiro atoms. The normalized spacial score (nSPS) is 10.8. The van der Waals surface area contributed by atoms with Gasteiger partial charge in [-0.1, -0.05) is 66.4 Å². The lowest BCUT2D eigenvalue weighted by atomic mass is 10.1. The Kier molecular flexibility index (Phi) is 6.81. The number of nitrogens with zero attached hydrogens (tertiary/aromatic N) is 4. The van der Waals surface area contributed by atoms with E-state index in [1.165, 1.54) is 17.7 Å². The summed E-state index contributed by atoms with van der Waals surface area (Å²) in [5.74, 6) is 2.13. The van der Waals surface area contributed by atoms with Gasteiger partial charge in [0, 0.05) is 24.4 Å². The molecule has 0 radical (unpaired) electrons. The van der Waals surface area contributed by atoms with Crippen molar-refractivity contribution in [3.8, 4) is 17.1 Å². The number of hydrogen-bond donors (Lipinski definition) is 0. The fourth-order valence-electron chi connectivity index (χ4n) is 3.37. The van der Waals surface area contributed by atoms with Crippen LogP contribution in [0.2, 0.25) is 0 Å². The van der Waals surface area contributed by atoms with E-state index in [0.29, 0.717) is 12.3 Å². The van der Waals surface area contributed by atoms with Gasteiger partial charge in [-0.2, -0.15) is 0 Å². The summed E-state index contributed by atoms with van der Waals surface area (Å²) in [6.07, 6.45) is 0.839. The summed E-state index contributed by atoms with van der Waals surface area (Å²) in [6, 6.07) is 24.7. The van der Waals surface area contributed by atoms with Crippen LogP contribution >= 0.6 is 11.8 Å². The van der Waals surface area contributed by atoms with Crippen molar-refractivity contribution in [1.29, 1.82) is 0 Å². The highest BCUT2D eigenvalue weighted by Crippen LogP contribution is 2.32. The van der Waals surface area contributed by atoms with Crippen molar-refractivity contribution in [3.05, 3.63) is 100 Å². The van der Waals surface area contributed by atoms with Crippen molar-refractivity contribution in [2.75, 3.05) is 7.11 Å². The van der Waals surface area contributed by atoms with Crippen molar-refractivity contribution >= 4 is 17.4 Å². The highest BCUT2D eigenvalue weighted by Gasteiger charge is 2.18. The number of ether oxygens (including phenoxy) is 1. The van der Waals surface area contributed by atoms with Crippen LogP contribution in [0.4, 0.5) is 5.69 Å². The number of rotatable bonds is 9. The van der Waals surface area contributed by atoms with E-state index in [9.17, 15) is 10.1 Å². The number of nitro groups is 1. The molecular weight excluding hydrogens is 424 g/mol. The SMILES string of the molecule is COc1ccccc1-c1nnc(SCc2ccc([N+](=O)[O-])cc2)n1CCc1ccccc1. The van der Waals surface area contributed by atoms with Crippen LogP contribution in [0.25, 0.3) is 11.4 Å². The zero-order valence-corrected chi connectivity index (χ0v) is 18.4. The molecule has 7 nitrogen and oxygen atoms in total. The highest BCUT2D eigenvalue weighted by atomic mass is 32.2. The van der Waals surface area contributed by atoms with E-state index in [0.717, 1.165) is 34.3 Å².